The third-order valence-electron chi connectivity index (χ3n) is 5.21. The highest BCUT2D eigenvalue weighted by molar-refractivity contribution is 5.94. The zero-order valence-corrected chi connectivity index (χ0v) is 13.7. The molecule has 2 aliphatic carbocycles. The molecule has 0 bridgehead atoms. The Hall–Kier alpha value is -2.30. The van der Waals surface area contributed by atoms with Gasteiger partial charge < -0.3 is 15.6 Å². The Morgan fingerprint density at radius 1 is 1.17 bits per heavy atom. The molecule has 1 aromatic heterocycles. The summed E-state index contributed by atoms with van der Waals surface area (Å²) >= 11 is 0. The van der Waals surface area contributed by atoms with E-state index >= 15 is 0 Å². The predicted octanol–water partition coefficient (Wildman–Crippen LogP) is 2.42. The smallest absolute Gasteiger partial charge is 0.245 e. The summed E-state index contributed by atoms with van der Waals surface area (Å²) in [6.45, 7) is 0. The maximum atomic E-state index is 12.6. The van der Waals surface area contributed by atoms with E-state index < -0.39 is 5.54 Å². The van der Waals surface area contributed by atoms with E-state index in [9.17, 15) is 9.59 Å². The second-order valence-corrected chi connectivity index (χ2v) is 7.12. The molecule has 5 heteroatoms. The Balaban J connectivity index is 1.48. The number of hydrogen-bond donors (Lipinski definition) is 3. The number of carbonyl (C=O) groups excluding carboxylic acids is 2. The first-order valence-corrected chi connectivity index (χ1v) is 8.83. The largest absolute Gasteiger partial charge is 0.361 e. The summed E-state index contributed by atoms with van der Waals surface area (Å²) in [7, 11) is 0. The van der Waals surface area contributed by atoms with Crippen LogP contribution < -0.4 is 10.6 Å². The lowest BCUT2D eigenvalue weighted by atomic mass is 9.95. The number of amides is 2. The molecule has 1 aromatic carbocycles. The van der Waals surface area contributed by atoms with Crippen molar-refractivity contribution < 1.29 is 9.59 Å². The lowest BCUT2D eigenvalue weighted by Gasteiger charge is -2.29. The number of benzene rings is 1. The summed E-state index contributed by atoms with van der Waals surface area (Å²) in [5, 5.41) is 7.20. The Morgan fingerprint density at radius 3 is 2.67 bits per heavy atom. The molecule has 126 valence electrons. The number of para-hydroxylation sites is 1. The van der Waals surface area contributed by atoms with E-state index in [1.165, 1.54) is 0 Å². The third-order valence-corrected chi connectivity index (χ3v) is 5.21. The zero-order chi connectivity index (χ0) is 16.6. The van der Waals surface area contributed by atoms with Crippen molar-refractivity contribution in [1.29, 1.82) is 0 Å². The van der Waals surface area contributed by atoms with E-state index in [-0.39, 0.29) is 11.8 Å². The molecule has 2 aliphatic rings. The molecular formula is C19H23N3O2. The molecule has 2 aromatic rings. The second-order valence-electron chi connectivity index (χ2n) is 7.12. The highest BCUT2D eigenvalue weighted by Gasteiger charge is 2.43. The fourth-order valence-corrected chi connectivity index (χ4v) is 3.70. The van der Waals surface area contributed by atoms with Crippen molar-refractivity contribution in [2.45, 2.75) is 56.5 Å². The normalized spacial score (nSPS) is 19.3. The van der Waals surface area contributed by atoms with Crippen molar-refractivity contribution in [3.63, 3.8) is 0 Å². The lowest BCUT2D eigenvalue weighted by Crippen LogP contribution is -2.57. The van der Waals surface area contributed by atoms with Crippen molar-refractivity contribution in [1.82, 2.24) is 15.6 Å². The second kappa shape index (κ2) is 5.96. The summed E-state index contributed by atoms with van der Waals surface area (Å²) in [5.41, 5.74) is 1.30. The van der Waals surface area contributed by atoms with Gasteiger partial charge in [0.05, 0.1) is 6.42 Å². The van der Waals surface area contributed by atoms with Crippen LogP contribution in [-0.2, 0) is 16.0 Å². The van der Waals surface area contributed by atoms with Gasteiger partial charge in [0.1, 0.15) is 5.54 Å². The summed E-state index contributed by atoms with van der Waals surface area (Å²) in [6, 6.07) is 8.27. The molecule has 0 unspecified atom stereocenters. The van der Waals surface area contributed by atoms with Gasteiger partial charge in [0.25, 0.3) is 0 Å². The summed E-state index contributed by atoms with van der Waals surface area (Å²) in [5.74, 6) is -0.0672. The van der Waals surface area contributed by atoms with Crippen LogP contribution in [0.2, 0.25) is 0 Å². The number of rotatable bonds is 5. The van der Waals surface area contributed by atoms with Crippen LogP contribution in [0.5, 0.6) is 0 Å². The average Bonchev–Trinajstić information content (AvgIpc) is 3.11. The molecule has 2 fully saturated rings. The van der Waals surface area contributed by atoms with Crippen LogP contribution in [-0.4, -0.2) is 28.4 Å². The highest BCUT2D eigenvalue weighted by atomic mass is 16.2. The van der Waals surface area contributed by atoms with Gasteiger partial charge in [-0.2, -0.15) is 0 Å². The predicted molar refractivity (Wildman–Crippen MR) is 92.5 cm³/mol. The molecule has 3 N–H and O–H groups in total. The Bertz CT molecular complexity index is 770. The monoisotopic (exact) mass is 325 g/mol. The maximum absolute atomic E-state index is 12.6. The molecule has 5 nitrogen and oxygen atoms in total. The van der Waals surface area contributed by atoms with Crippen LogP contribution in [0.1, 0.15) is 44.1 Å². The van der Waals surface area contributed by atoms with Gasteiger partial charge in [0.15, 0.2) is 0 Å². The van der Waals surface area contributed by atoms with Crippen molar-refractivity contribution >= 4 is 22.7 Å². The minimum Gasteiger partial charge on any atom is -0.361 e. The molecule has 0 atom stereocenters. The molecule has 1 heterocycles. The molecule has 2 amide bonds. The number of nitrogens with one attached hydrogen (secondary N) is 3. The van der Waals surface area contributed by atoms with Gasteiger partial charge in [-0.15, -0.1) is 0 Å². The van der Waals surface area contributed by atoms with Crippen LogP contribution >= 0.6 is 0 Å². The molecule has 0 radical (unpaired) electrons. The van der Waals surface area contributed by atoms with Crippen LogP contribution in [0.25, 0.3) is 10.9 Å². The van der Waals surface area contributed by atoms with Gasteiger partial charge in [-0.25, -0.2) is 0 Å². The minimum absolute atomic E-state index is 0.00905. The standard InChI is InChI=1S/C19H23N3O2/c23-17(11-13-12-20-16-6-2-1-5-15(13)16)22-19(9-3-4-10-19)18(24)21-14-7-8-14/h1-2,5-6,12,14,20H,3-4,7-11H2,(H,21,24)(H,22,23). The average molecular weight is 325 g/mol. The van der Waals surface area contributed by atoms with E-state index in [1.807, 2.05) is 30.5 Å². The fourth-order valence-electron chi connectivity index (χ4n) is 3.70. The van der Waals surface area contributed by atoms with Gasteiger partial charge in [0.2, 0.25) is 11.8 Å². The third kappa shape index (κ3) is 2.90. The SMILES string of the molecule is O=C(Cc1c[nH]c2ccccc12)NC1(C(=O)NC2CC2)CCCC1. The number of fused-ring (bicyclic) bond motifs is 1. The number of carbonyl (C=O) groups is 2. The van der Waals surface area contributed by atoms with Gasteiger partial charge in [-0.1, -0.05) is 31.0 Å². The molecule has 0 spiro atoms. The molecule has 0 aliphatic heterocycles. The van der Waals surface area contributed by atoms with E-state index in [1.54, 1.807) is 0 Å². The summed E-state index contributed by atoms with van der Waals surface area (Å²) in [6.07, 6.45) is 7.77. The fraction of sp³-hybridized carbons (Fsp3) is 0.474. The molecule has 0 saturated heterocycles. The lowest BCUT2D eigenvalue weighted by molar-refractivity contribution is -0.133. The minimum atomic E-state index is -0.703. The summed E-state index contributed by atoms with van der Waals surface area (Å²) in [4.78, 5) is 28.4. The van der Waals surface area contributed by atoms with E-state index in [0.29, 0.717) is 12.5 Å². The van der Waals surface area contributed by atoms with Crippen molar-refractivity contribution in [3.8, 4) is 0 Å². The number of aromatic nitrogens is 1. The molecule has 4 rings (SSSR count). The van der Waals surface area contributed by atoms with Gasteiger partial charge in [-0.05, 0) is 37.3 Å². The van der Waals surface area contributed by atoms with Crippen LogP contribution in [0.4, 0.5) is 0 Å². The number of hydrogen-bond acceptors (Lipinski definition) is 2. The first-order valence-electron chi connectivity index (χ1n) is 8.83. The highest BCUT2D eigenvalue weighted by Crippen LogP contribution is 2.31. The van der Waals surface area contributed by atoms with Gasteiger partial charge in [-0.3, -0.25) is 9.59 Å². The quantitative estimate of drug-likeness (QED) is 0.790. The van der Waals surface area contributed by atoms with Crippen molar-refractivity contribution in [2.75, 3.05) is 0 Å². The van der Waals surface area contributed by atoms with E-state index in [0.717, 1.165) is 55.0 Å². The molecular weight excluding hydrogens is 302 g/mol. The maximum Gasteiger partial charge on any atom is 0.245 e. The Kier molecular flexibility index (Phi) is 3.79. The first kappa shape index (κ1) is 15.2. The molecule has 2 saturated carbocycles. The van der Waals surface area contributed by atoms with Crippen LogP contribution in [0.15, 0.2) is 30.5 Å². The van der Waals surface area contributed by atoms with Crippen molar-refractivity contribution in [2.24, 2.45) is 0 Å². The molecule has 24 heavy (non-hydrogen) atoms. The van der Waals surface area contributed by atoms with Crippen LogP contribution in [0.3, 0.4) is 0 Å². The summed E-state index contributed by atoms with van der Waals surface area (Å²) < 4.78 is 0. The van der Waals surface area contributed by atoms with Crippen molar-refractivity contribution in [3.05, 3.63) is 36.0 Å². The zero-order valence-electron chi connectivity index (χ0n) is 13.7. The first-order chi connectivity index (χ1) is 11.7. The Labute approximate surface area is 141 Å². The van der Waals surface area contributed by atoms with E-state index in [2.05, 4.69) is 15.6 Å². The Morgan fingerprint density at radius 2 is 1.92 bits per heavy atom. The number of H-pyrrole nitrogens is 1. The van der Waals surface area contributed by atoms with Gasteiger partial charge in [0, 0.05) is 23.1 Å². The van der Waals surface area contributed by atoms with Gasteiger partial charge >= 0.3 is 0 Å². The topological polar surface area (TPSA) is 74.0 Å². The number of aromatic amines is 1. The van der Waals surface area contributed by atoms with E-state index in [4.69, 9.17) is 0 Å². The van der Waals surface area contributed by atoms with Crippen LogP contribution in [0, 0.1) is 0 Å².